The molecule has 0 N–H and O–H groups in total. The van der Waals surface area contributed by atoms with Gasteiger partial charge in [-0.1, -0.05) is 12.8 Å². The van der Waals surface area contributed by atoms with E-state index in [1.54, 1.807) is 0 Å². The van der Waals surface area contributed by atoms with Gasteiger partial charge in [-0.3, -0.25) is 4.79 Å². The van der Waals surface area contributed by atoms with Gasteiger partial charge in [-0.05, 0) is 31.1 Å². The van der Waals surface area contributed by atoms with E-state index in [0.717, 1.165) is 13.1 Å². The molecule has 1 amide bonds. The third kappa shape index (κ3) is 2.47. The second-order valence-corrected chi connectivity index (χ2v) is 5.40. The summed E-state index contributed by atoms with van der Waals surface area (Å²) in [6.45, 7) is 1.94. The Bertz CT molecular complexity index is 226. The van der Waals surface area contributed by atoms with Crippen LogP contribution in [-0.2, 0) is 4.79 Å². The molecule has 1 aliphatic heterocycles. The first-order valence-corrected chi connectivity index (χ1v) is 6.63. The topological polar surface area (TPSA) is 20.3 Å². The summed E-state index contributed by atoms with van der Waals surface area (Å²) in [6.07, 6.45) is 8.54. The van der Waals surface area contributed by atoms with Gasteiger partial charge in [-0.15, -0.1) is 11.6 Å². The first kappa shape index (κ1) is 11.3. The van der Waals surface area contributed by atoms with Crippen molar-refractivity contribution >= 4 is 17.5 Å². The molecule has 0 unspecified atom stereocenters. The van der Waals surface area contributed by atoms with Crippen LogP contribution in [0.25, 0.3) is 0 Å². The van der Waals surface area contributed by atoms with Gasteiger partial charge < -0.3 is 4.90 Å². The lowest BCUT2D eigenvalue weighted by Gasteiger charge is -2.39. The third-order valence-electron chi connectivity index (χ3n) is 4.15. The van der Waals surface area contributed by atoms with Crippen LogP contribution < -0.4 is 0 Å². The summed E-state index contributed by atoms with van der Waals surface area (Å²) < 4.78 is 0. The van der Waals surface area contributed by atoms with Crippen LogP contribution in [0, 0.1) is 5.41 Å². The van der Waals surface area contributed by atoms with E-state index in [1.165, 1.54) is 38.5 Å². The Kier molecular flexibility index (Phi) is 3.55. The van der Waals surface area contributed by atoms with Gasteiger partial charge in [0.25, 0.3) is 0 Å². The highest BCUT2D eigenvalue weighted by atomic mass is 35.5. The smallest absolute Gasteiger partial charge is 0.223 e. The van der Waals surface area contributed by atoms with Crippen molar-refractivity contribution in [3.05, 3.63) is 0 Å². The third-order valence-corrected chi connectivity index (χ3v) is 4.34. The zero-order valence-electron chi connectivity index (χ0n) is 9.30. The predicted molar refractivity (Wildman–Crippen MR) is 62.1 cm³/mol. The number of carbonyl (C=O) groups excluding carboxylic acids is 1. The van der Waals surface area contributed by atoms with E-state index in [-0.39, 0.29) is 5.91 Å². The Hall–Kier alpha value is -0.240. The number of alkyl halides is 1. The summed E-state index contributed by atoms with van der Waals surface area (Å²) in [7, 11) is 0. The maximum Gasteiger partial charge on any atom is 0.223 e. The maximum atomic E-state index is 11.6. The second kappa shape index (κ2) is 4.73. The second-order valence-electron chi connectivity index (χ2n) is 5.03. The first-order chi connectivity index (χ1) is 7.26. The molecule has 0 atom stereocenters. The molecule has 1 saturated heterocycles. The Balaban J connectivity index is 1.83. The molecule has 15 heavy (non-hydrogen) atoms. The minimum absolute atomic E-state index is 0.248. The van der Waals surface area contributed by atoms with Crippen molar-refractivity contribution in [1.82, 2.24) is 4.90 Å². The monoisotopic (exact) mass is 229 g/mol. The number of rotatable bonds is 2. The molecule has 1 saturated carbocycles. The lowest BCUT2D eigenvalue weighted by molar-refractivity contribution is -0.133. The summed E-state index contributed by atoms with van der Waals surface area (Å²) in [5.41, 5.74) is 0.609. The van der Waals surface area contributed by atoms with Crippen LogP contribution in [0.4, 0.5) is 0 Å². The van der Waals surface area contributed by atoms with Gasteiger partial charge >= 0.3 is 0 Å². The molecule has 0 aromatic carbocycles. The van der Waals surface area contributed by atoms with Crippen LogP contribution in [0.5, 0.6) is 0 Å². The van der Waals surface area contributed by atoms with Crippen molar-refractivity contribution in [2.45, 2.75) is 44.9 Å². The minimum Gasteiger partial charge on any atom is -0.343 e. The largest absolute Gasteiger partial charge is 0.343 e. The number of hydrogen-bond acceptors (Lipinski definition) is 1. The SMILES string of the molecule is O=C(CCCl)N1CCC2(CCCC2)CC1. The van der Waals surface area contributed by atoms with Gasteiger partial charge in [0.15, 0.2) is 0 Å². The van der Waals surface area contributed by atoms with Crippen molar-refractivity contribution in [1.29, 1.82) is 0 Å². The van der Waals surface area contributed by atoms with Crippen molar-refractivity contribution in [3.8, 4) is 0 Å². The number of nitrogens with zero attached hydrogens (tertiary/aromatic N) is 1. The Morgan fingerprint density at radius 3 is 2.27 bits per heavy atom. The number of halogens is 1. The van der Waals surface area contributed by atoms with Crippen LogP contribution in [-0.4, -0.2) is 29.8 Å². The highest BCUT2D eigenvalue weighted by molar-refractivity contribution is 6.18. The molecule has 0 bridgehead atoms. The summed E-state index contributed by atoms with van der Waals surface area (Å²) in [4.78, 5) is 13.6. The van der Waals surface area contributed by atoms with Crippen LogP contribution in [0.15, 0.2) is 0 Å². The number of piperidine rings is 1. The molecule has 1 spiro atoms. The van der Waals surface area contributed by atoms with Gasteiger partial charge in [-0.2, -0.15) is 0 Å². The highest BCUT2D eigenvalue weighted by Crippen LogP contribution is 2.46. The Morgan fingerprint density at radius 2 is 1.73 bits per heavy atom. The number of likely N-dealkylation sites (tertiary alicyclic amines) is 1. The number of carbonyl (C=O) groups is 1. The predicted octanol–water partition coefficient (Wildman–Crippen LogP) is 2.80. The molecule has 0 aromatic heterocycles. The standard InChI is InChI=1S/C12H20ClNO/c13-8-3-11(15)14-9-6-12(7-10-14)4-1-2-5-12/h1-10H2. The zero-order chi connectivity index (χ0) is 10.7. The average Bonchev–Trinajstić information content (AvgIpc) is 2.68. The fourth-order valence-corrected chi connectivity index (χ4v) is 3.26. The van der Waals surface area contributed by atoms with E-state index in [2.05, 4.69) is 0 Å². The van der Waals surface area contributed by atoms with E-state index in [4.69, 9.17) is 11.6 Å². The average molecular weight is 230 g/mol. The molecule has 2 rings (SSSR count). The fourth-order valence-electron chi connectivity index (χ4n) is 3.09. The molecule has 2 fully saturated rings. The Morgan fingerprint density at radius 1 is 1.13 bits per heavy atom. The van der Waals surface area contributed by atoms with Crippen molar-refractivity contribution in [3.63, 3.8) is 0 Å². The van der Waals surface area contributed by atoms with Gasteiger partial charge in [0, 0.05) is 25.4 Å². The molecular formula is C12H20ClNO. The summed E-state index contributed by atoms with van der Waals surface area (Å²) in [5, 5.41) is 0. The number of amides is 1. The molecule has 1 aliphatic carbocycles. The molecular weight excluding hydrogens is 210 g/mol. The molecule has 1 heterocycles. The van der Waals surface area contributed by atoms with Gasteiger partial charge in [0.05, 0.1) is 0 Å². The van der Waals surface area contributed by atoms with E-state index in [9.17, 15) is 4.79 Å². The molecule has 3 heteroatoms. The quantitative estimate of drug-likeness (QED) is 0.667. The van der Waals surface area contributed by atoms with Gasteiger partial charge in [0.1, 0.15) is 0 Å². The van der Waals surface area contributed by atoms with Crippen LogP contribution in [0.1, 0.15) is 44.9 Å². The summed E-state index contributed by atoms with van der Waals surface area (Å²) in [5.74, 6) is 0.707. The van der Waals surface area contributed by atoms with Crippen LogP contribution in [0.2, 0.25) is 0 Å². The Labute approximate surface area is 97.0 Å². The van der Waals surface area contributed by atoms with Crippen LogP contribution >= 0.6 is 11.6 Å². The minimum atomic E-state index is 0.248. The lowest BCUT2D eigenvalue weighted by atomic mass is 9.77. The molecule has 2 aliphatic rings. The van der Waals surface area contributed by atoms with Crippen molar-refractivity contribution < 1.29 is 4.79 Å². The molecule has 0 radical (unpaired) electrons. The first-order valence-electron chi connectivity index (χ1n) is 6.10. The molecule has 2 nitrogen and oxygen atoms in total. The van der Waals surface area contributed by atoms with E-state index in [0.29, 0.717) is 17.7 Å². The maximum absolute atomic E-state index is 11.6. The van der Waals surface area contributed by atoms with Gasteiger partial charge in [0.2, 0.25) is 5.91 Å². The van der Waals surface area contributed by atoms with Crippen molar-refractivity contribution in [2.24, 2.45) is 5.41 Å². The van der Waals surface area contributed by atoms with E-state index >= 15 is 0 Å². The van der Waals surface area contributed by atoms with Crippen LogP contribution in [0.3, 0.4) is 0 Å². The van der Waals surface area contributed by atoms with Crippen molar-refractivity contribution in [2.75, 3.05) is 19.0 Å². The summed E-state index contributed by atoms with van der Waals surface area (Å²) >= 11 is 5.59. The fraction of sp³-hybridized carbons (Fsp3) is 0.917. The summed E-state index contributed by atoms with van der Waals surface area (Å²) in [6, 6.07) is 0. The highest BCUT2D eigenvalue weighted by Gasteiger charge is 2.37. The molecule has 86 valence electrons. The zero-order valence-corrected chi connectivity index (χ0v) is 10.1. The van der Waals surface area contributed by atoms with E-state index < -0.39 is 0 Å². The van der Waals surface area contributed by atoms with E-state index in [1.807, 2.05) is 4.90 Å². The molecule has 0 aromatic rings. The number of hydrogen-bond donors (Lipinski definition) is 0. The van der Waals surface area contributed by atoms with Gasteiger partial charge in [-0.25, -0.2) is 0 Å². The normalized spacial score (nSPS) is 24.7. The lowest BCUT2D eigenvalue weighted by Crippen LogP contribution is -2.42.